The van der Waals surface area contributed by atoms with E-state index in [0.717, 1.165) is 38.4 Å². The number of nitrogens with zero attached hydrogens (tertiary/aromatic N) is 4. The summed E-state index contributed by atoms with van der Waals surface area (Å²) >= 11 is 1.65. The van der Waals surface area contributed by atoms with Gasteiger partial charge in [-0.1, -0.05) is 13.8 Å². The Balaban J connectivity index is 2.16. The summed E-state index contributed by atoms with van der Waals surface area (Å²) < 4.78 is 2.06. The number of piperazine rings is 1. The Morgan fingerprint density at radius 3 is 2.76 bits per heavy atom. The van der Waals surface area contributed by atoms with Crippen molar-refractivity contribution in [2.24, 2.45) is 7.05 Å². The summed E-state index contributed by atoms with van der Waals surface area (Å²) in [6, 6.07) is 0.201. The number of amides is 1. The van der Waals surface area contributed by atoms with E-state index in [1.54, 1.807) is 11.8 Å². The van der Waals surface area contributed by atoms with Crippen molar-refractivity contribution in [3.8, 4) is 0 Å². The third-order valence-electron chi connectivity index (χ3n) is 4.30. The van der Waals surface area contributed by atoms with Crippen LogP contribution in [0.4, 0.5) is 0 Å². The van der Waals surface area contributed by atoms with E-state index in [4.69, 9.17) is 0 Å². The van der Waals surface area contributed by atoms with Crippen LogP contribution in [0.1, 0.15) is 32.1 Å². The molecule has 0 N–H and O–H groups in total. The summed E-state index contributed by atoms with van der Waals surface area (Å²) in [5.74, 6) is 1.33. The minimum absolute atomic E-state index is 0.0835. The Labute approximate surface area is 131 Å². The van der Waals surface area contributed by atoms with Gasteiger partial charge in [-0.15, -0.1) is 0 Å². The second-order valence-corrected chi connectivity index (χ2v) is 6.50. The number of aromatic nitrogens is 2. The molecule has 6 heteroatoms. The number of carbonyl (C=O) groups is 1. The molecule has 118 valence electrons. The highest BCUT2D eigenvalue weighted by atomic mass is 32.2. The first-order valence-corrected chi connectivity index (χ1v) is 8.93. The van der Waals surface area contributed by atoms with Crippen LogP contribution >= 0.6 is 11.8 Å². The lowest BCUT2D eigenvalue weighted by Crippen LogP contribution is -2.52. The van der Waals surface area contributed by atoms with Crippen LogP contribution in [0.25, 0.3) is 0 Å². The number of aryl methyl sites for hydroxylation is 1. The van der Waals surface area contributed by atoms with E-state index in [1.165, 1.54) is 0 Å². The summed E-state index contributed by atoms with van der Waals surface area (Å²) in [7, 11) is 2.02. The van der Waals surface area contributed by atoms with Crippen LogP contribution in [0.2, 0.25) is 0 Å². The summed E-state index contributed by atoms with van der Waals surface area (Å²) in [5, 5.41) is 0.0835. The van der Waals surface area contributed by atoms with Crippen LogP contribution in [-0.4, -0.2) is 62.9 Å². The molecular formula is C15H26N4OS. The minimum atomic E-state index is 0.0835. The second kappa shape index (κ2) is 7.31. The molecule has 0 bridgehead atoms. The fourth-order valence-corrected chi connectivity index (χ4v) is 3.67. The molecule has 2 rings (SSSR count). The molecule has 1 aromatic heterocycles. The quantitative estimate of drug-likeness (QED) is 0.831. The smallest absolute Gasteiger partial charge is 0.235 e. The van der Waals surface area contributed by atoms with Crippen molar-refractivity contribution in [1.29, 1.82) is 0 Å². The standard InChI is InChI=1S/C15H26N4OS/c1-5-13(21-4)15(20)19-10-9-18(6-2)12(11-19)14-16-7-8-17(14)3/h7-8,12-13H,5-6,9-11H2,1-4H3/t12-,13-/m0/s1. The predicted octanol–water partition coefficient (Wildman–Crippen LogP) is 1.77. The zero-order valence-electron chi connectivity index (χ0n) is 13.5. The van der Waals surface area contributed by atoms with Gasteiger partial charge in [0.05, 0.1) is 11.3 Å². The molecule has 0 saturated carbocycles. The number of hydrogen-bond donors (Lipinski definition) is 0. The van der Waals surface area contributed by atoms with Crippen molar-refractivity contribution in [3.63, 3.8) is 0 Å². The summed E-state index contributed by atoms with van der Waals surface area (Å²) in [4.78, 5) is 21.5. The molecule has 0 aliphatic carbocycles. The average molecular weight is 310 g/mol. The van der Waals surface area contributed by atoms with E-state index in [2.05, 4.69) is 28.3 Å². The highest BCUT2D eigenvalue weighted by Crippen LogP contribution is 2.25. The Morgan fingerprint density at radius 2 is 2.24 bits per heavy atom. The van der Waals surface area contributed by atoms with Gasteiger partial charge in [-0.05, 0) is 19.2 Å². The lowest BCUT2D eigenvalue weighted by molar-refractivity contribution is -0.133. The number of hydrogen-bond acceptors (Lipinski definition) is 4. The molecule has 0 aromatic carbocycles. The molecule has 1 fully saturated rings. The number of imidazole rings is 1. The first kappa shape index (κ1) is 16.4. The Hall–Kier alpha value is -1.01. The molecule has 0 spiro atoms. The molecule has 0 unspecified atom stereocenters. The topological polar surface area (TPSA) is 41.4 Å². The molecular weight excluding hydrogens is 284 g/mol. The first-order valence-electron chi connectivity index (χ1n) is 7.65. The van der Waals surface area contributed by atoms with Crippen LogP contribution in [-0.2, 0) is 11.8 Å². The van der Waals surface area contributed by atoms with Crippen LogP contribution < -0.4 is 0 Å². The van der Waals surface area contributed by atoms with Gasteiger partial charge >= 0.3 is 0 Å². The molecule has 1 aliphatic rings. The summed E-state index contributed by atoms with van der Waals surface area (Å²) in [5.41, 5.74) is 0. The van der Waals surface area contributed by atoms with E-state index in [1.807, 2.05) is 30.6 Å². The third-order valence-corrected chi connectivity index (χ3v) is 5.40. The maximum atomic E-state index is 12.6. The lowest BCUT2D eigenvalue weighted by Gasteiger charge is -2.41. The molecule has 2 atom stereocenters. The van der Waals surface area contributed by atoms with Crippen LogP contribution in [0.15, 0.2) is 12.4 Å². The highest BCUT2D eigenvalue weighted by Gasteiger charge is 2.33. The van der Waals surface area contributed by atoms with Gasteiger partial charge in [0.15, 0.2) is 0 Å². The van der Waals surface area contributed by atoms with Crippen molar-refractivity contribution < 1.29 is 4.79 Å². The molecule has 1 aliphatic heterocycles. The zero-order valence-corrected chi connectivity index (χ0v) is 14.3. The average Bonchev–Trinajstić information content (AvgIpc) is 2.93. The summed E-state index contributed by atoms with van der Waals surface area (Å²) in [6.45, 7) is 7.73. The second-order valence-electron chi connectivity index (χ2n) is 5.46. The van der Waals surface area contributed by atoms with E-state index in [-0.39, 0.29) is 17.2 Å². The van der Waals surface area contributed by atoms with Gasteiger partial charge in [0.25, 0.3) is 0 Å². The monoisotopic (exact) mass is 310 g/mol. The minimum Gasteiger partial charge on any atom is -0.338 e. The molecule has 21 heavy (non-hydrogen) atoms. The van der Waals surface area contributed by atoms with Gasteiger partial charge < -0.3 is 9.47 Å². The van der Waals surface area contributed by atoms with Crippen molar-refractivity contribution in [2.45, 2.75) is 31.6 Å². The SMILES string of the molecule is CC[C@H](SC)C(=O)N1CCN(CC)[C@H](c2nccn2C)C1. The molecule has 2 heterocycles. The predicted molar refractivity (Wildman–Crippen MR) is 87.4 cm³/mol. The van der Waals surface area contributed by atoms with Gasteiger partial charge in [-0.25, -0.2) is 4.98 Å². The fourth-order valence-electron chi connectivity index (χ4n) is 2.99. The molecule has 0 radical (unpaired) electrons. The first-order chi connectivity index (χ1) is 10.1. The Kier molecular flexibility index (Phi) is 5.70. The Morgan fingerprint density at radius 1 is 1.48 bits per heavy atom. The summed E-state index contributed by atoms with van der Waals surface area (Å²) in [6.07, 6.45) is 6.72. The largest absolute Gasteiger partial charge is 0.338 e. The van der Waals surface area contributed by atoms with E-state index in [0.29, 0.717) is 0 Å². The van der Waals surface area contributed by atoms with Gasteiger partial charge in [-0.2, -0.15) is 11.8 Å². The van der Waals surface area contributed by atoms with Crippen molar-refractivity contribution in [3.05, 3.63) is 18.2 Å². The number of rotatable bonds is 5. The van der Waals surface area contributed by atoms with E-state index >= 15 is 0 Å². The number of carbonyl (C=O) groups excluding carboxylic acids is 1. The lowest BCUT2D eigenvalue weighted by atomic mass is 10.1. The van der Waals surface area contributed by atoms with Gasteiger partial charge in [-0.3, -0.25) is 9.69 Å². The molecule has 1 saturated heterocycles. The number of thioether (sulfide) groups is 1. The zero-order chi connectivity index (χ0) is 15.4. The molecule has 1 aromatic rings. The van der Waals surface area contributed by atoms with Gasteiger partial charge in [0.1, 0.15) is 5.82 Å². The third kappa shape index (κ3) is 3.43. The highest BCUT2D eigenvalue weighted by molar-refractivity contribution is 7.99. The molecule has 5 nitrogen and oxygen atoms in total. The van der Waals surface area contributed by atoms with Crippen LogP contribution in [0, 0.1) is 0 Å². The van der Waals surface area contributed by atoms with E-state index < -0.39 is 0 Å². The van der Waals surface area contributed by atoms with Crippen molar-refractivity contribution in [2.75, 3.05) is 32.4 Å². The van der Waals surface area contributed by atoms with E-state index in [9.17, 15) is 4.79 Å². The maximum absolute atomic E-state index is 12.6. The Bertz CT molecular complexity index is 472. The van der Waals surface area contributed by atoms with Crippen molar-refractivity contribution in [1.82, 2.24) is 19.4 Å². The van der Waals surface area contributed by atoms with Crippen LogP contribution in [0.3, 0.4) is 0 Å². The van der Waals surface area contributed by atoms with Gasteiger partial charge in [0, 0.05) is 39.1 Å². The fraction of sp³-hybridized carbons (Fsp3) is 0.733. The number of likely N-dealkylation sites (N-methyl/N-ethyl adjacent to an activating group) is 1. The van der Waals surface area contributed by atoms with Gasteiger partial charge in [0.2, 0.25) is 5.91 Å². The van der Waals surface area contributed by atoms with Crippen molar-refractivity contribution >= 4 is 17.7 Å². The normalized spacial score (nSPS) is 21.5. The maximum Gasteiger partial charge on any atom is 0.235 e. The van der Waals surface area contributed by atoms with Crippen LogP contribution in [0.5, 0.6) is 0 Å². The molecule has 1 amide bonds.